The minimum Gasteiger partial charge on any atom is -0.481 e. The minimum absolute atomic E-state index is 0.329. The molecule has 3 aromatic heterocycles. The summed E-state index contributed by atoms with van der Waals surface area (Å²) in [5.41, 5.74) is 9.72. The van der Waals surface area contributed by atoms with Gasteiger partial charge >= 0.3 is 0 Å². The van der Waals surface area contributed by atoms with Crippen molar-refractivity contribution in [1.82, 2.24) is 15.0 Å². The molecule has 6 aromatic rings. The van der Waals surface area contributed by atoms with E-state index in [0.717, 1.165) is 53.0 Å². The van der Waals surface area contributed by atoms with Crippen LogP contribution in [0.3, 0.4) is 0 Å². The van der Waals surface area contributed by atoms with Crippen LogP contribution in [-0.4, -0.2) is 36.3 Å². The minimum atomic E-state index is 0.329. The number of hydrogen-bond acceptors (Lipinski definition) is 6. The van der Waals surface area contributed by atoms with Crippen molar-refractivity contribution in [2.45, 2.75) is 19.3 Å². The number of hydrogen-bond donors (Lipinski definition) is 0. The van der Waals surface area contributed by atoms with Gasteiger partial charge in [0.25, 0.3) is 0 Å². The summed E-state index contributed by atoms with van der Waals surface area (Å²) in [5.74, 6) is 2.15. The van der Waals surface area contributed by atoms with E-state index in [4.69, 9.17) is 14.2 Å². The van der Waals surface area contributed by atoms with Crippen LogP contribution in [0.5, 0.6) is 17.6 Å². The van der Waals surface area contributed by atoms with Crippen LogP contribution in [0.2, 0.25) is 0 Å². The number of rotatable bonds is 12. The molecule has 0 radical (unpaired) electrons. The summed E-state index contributed by atoms with van der Waals surface area (Å²) in [4.78, 5) is 14.0. The van der Waals surface area contributed by atoms with E-state index in [-0.39, 0.29) is 0 Å². The van der Waals surface area contributed by atoms with Gasteiger partial charge in [0.2, 0.25) is 17.6 Å². The second-order valence-electron chi connectivity index (χ2n) is 11.3. The first-order chi connectivity index (χ1) is 22.6. The predicted molar refractivity (Wildman–Crippen MR) is 183 cm³/mol. The quantitative estimate of drug-likeness (QED) is 0.139. The van der Waals surface area contributed by atoms with Crippen molar-refractivity contribution >= 4 is 0 Å². The molecule has 0 N–H and O–H groups in total. The number of ether oxygens (including phenoxy) is 3. The molecule has 0 spiro atoms. The molecule has 3 aromatic carbocycles. The lowest BCUT2D eigenvalue weighted by Crippen LogP contribution is -2.12. The van der Waals surface area contributed by atoms with Gasteiger partial charge < -0.3 is 14.2 Å². The van der Waals surface area contributed by atoms with Crippen LogP contribution >= 0.6 is 0 Å². The SMILES string of the molecule is COc1cccc(-c2cccc(CC(Cc3cccc(-c4cccc(OC)n4)c3)Cc3cccc(-c4cccc(OC)n4)c3)c2)n1. The van der Waals surface area contributed by atoms with Crippen molar-refractivity contribution < 1.29 is 14.2 Å². The summed E-state index contributed by atoms with van der Waals surface area (Å²) in [6, 6.07) is 43.7. The van der Waals surface area contributed by atoms with E-state index in [0.29, 0.717) is 23.6 Å². The first kappa shape index (κ1) is 30.5. The van der Waals surface area contributed by atoms with Gasteiger partial charge in [-0.05, 0) is 78.3 Å². The van der Waals surface area contributed by atoms with Crippen molar-refractivity contribution in [1.29, 1.82) is 0 Å². The summed E-state index contributed by atoms with van der Waals surface area (Å²) in [7, 11) is 4.93. The molecule has 230 valence electrons. The summed E-state index contributed by atoms with van der Waals surface area (Å²) < 4.78 is 16.1. The zero-order valence-corrected chi connectivity index (χ0v) is 26.4. The molecule has 0 aliphatic carbocycles. The average molecular weight is 608 g/mol. The molecule has 0 unspecified atom stereocenters. The Kier molecular flexibility index (Phi) is 9.64. The predicted octanol–water partition coefficient (Wildman–Crippen LogP) is 8.54. The van der Waals surface area contributed by atoms with E-state index in [2.05, 4.69) is 87.7 Å². The lowest BCUT2D eigenvalue weighted by atomic mass is 9.86. The highest BCUT2D eigenvalue weighted by Crippen LogP contribution is 2.28. The summed E-state index contributed by atoms with van der Waals surface area (Å²) in [6.45, 7) is 0. The van der Waals surface area contributed by atoms with Crippen LogP contribution in [-0.2, 0) is 19.3 Å². The van der Waals surface area contributed by atoms with E-state index in [1.54, 1.807) is 21.3 Å². The van der Waals surface area contributed by atoms with Crippen LogP contribution in [0.4, 0.5) is 0 Å². The Bertz CT molecular complexity index is 1700. The monoisotopic (exact) mass is 607 g/mol. The molecule has 0 saturated carbocycles. The second kappa shape index (κ2) is 14.5. The lowest BCUT2D eigenvalue weighted by Gasteiger charge is -2.19. The summed E-state index contributed by atoms with van der Waals surface area (Å²) in [5, 5.41) is 0. The zero-order chi connectivity index (χ0) is 31.7. The topological polar surface area (TPSA) is 66.4 Å². The lowest BCUT2D eigenvalue weighted by molar-refractivity contribution is 0.398. The molecule has 3 heterocycles. The summed E-state index contributed by atoms with van der Waals surface area (Å²) in [6.07, 6.45) is 2.71. The number of methoxy groups -OCH3 is 3. The molecule has 0 aliphatic rings. The third-order valence-corrected chi connectivity index (χ3v) is 8.04. The number of nitrogens with zero attached hydrogens (tertiary/aromatic N) is 3. The first-order valence-electron chi connectivity index (χ1n) is 15.4. The van der Waals surface area contributed by atoms with E-state index in [1.807, 2.05) is 54.6 Å². The maximum atomic E-state index is 5.38. The van der Waals surface area contributed by atoms with Crippen molar-refractivity contribution in [2.75, 3.05) is 21.3 Å². The van der Waals surface area contributed by atoms with E-state index in [1.165, 1.54) is 16.7 Å². The largest absolute Gasteiger partial charge is 0.481 e. The third kappa shape index (κ3) is 7.59. The molecule has 0 bridgehead atoms. The number of benzene rings is 3. The van der Waals surface area contributed by atoms with Gasteiger partial charge in [-0.25, -0.2) is 15.0 Å². The zero-order valence-electron chi connectivity index (χ0n) is 26.4. The molecule has 0 aliphatic heterocycles. The fourth-order valence-electron chi connectivity index (χ4n) is 5.86. The van der Waals surface area contributed by atoms with Crippen LogP contribution in [0, 0.1) is 5.92 Å². The fourth-order valence-corrected chi connectivity index (χ4v) is 5.86. The van der Waals surface area contributed by atoms with Crippen LogP contribution in [0.1, 0.15) is 16.7 Å². The van der Waals surface area contributed by atoms with Crippen molar-refractivity contribution in [3.8, 4) is 51.4 Å². The molecule has 46 heavy (non-hydrogen) atoms. The molecule has 6 rings (SSSR count). The van der Waals surface area contributed by atoms with Gasteiger partial charge in [0, 0.05) is 34.9 Å². The smallest absolute Gasteiger partial charge is 0.213 e. The maximum Gasteiger partial charge on any atom is 0.213 e. The number of aromatic nitrogens is 3. The Balaban J connectivity index is 1.31. The summed E-state index contributed by atoms with van der Waals surface area (Å²) >= 11 is 0. The third-order valence-electron chi connectivity index (χ3n) is 8.04. The maximum absolute atomic E-state index is 5.38. The molecule has 6 nitrogen and oxygen atoms in total. The molecule has 6 heteroatoms. The molecule has 0 fully saturated rings. The van der Waals surface area contributed by atoms with E-state index >= 15 is 0 Å². The van der Waals surface area contributed by atoms with Gasteiger partial charge in [-0.1, -0.05) is 72.8 Å². The fraction of sp³-hybridized carbons (Fsp3) is 0.175. The Morgan fingerprint density at radius 3 is 1.02 bits per heavy atom. The van der Waals surface area contributed by atoms with Gasteiger partial charge in [0.15, 0.2) is 0 Å². The van der Waals surface area contributed by atoms with Crippen LogP contribution in [0.25, 0.3) is 33.8 Å². The highest BCUT2D eigenvalue weighted by molar-refractivity contribution is 5.62. The van der Waals surface area contributed by atoms with Gasteiger partial charge in [0.05, 0.1) is 38.4 Å². The van der Waals surface area contributed by atoms with Crippen molar-refractivity contribution in [3.63, 3.8) is 0 Å². The van der Waals surface area contributed by atoms with Crippen LogP contribution < -0.4 is 14.2 Å². The van der Waals surface area contributed by atoms with Gasteiger partial charge in [-0.3, -0.25) is 0 Å². The highest BCUT2D eigenvalue weighted by atomic mass is 16.5. The van der Waals surface area contributed by atoms with Crippen molar-refractivity contribution in [3.05, 3.63) is 144 Å². The molecule has 0 atom stereocenters. The second-order valence-corrected chi connectivity index (χ2v) is 11.3. The van der Waals surface area contributed by atoms with Gasteiger partial charge in [-0.2, -0.15) is 0 Å². The Hall–Kier alpha value is -5.49. The normalized spacial score (nSPS) is 11.0. The Morgan fingerprint density at radius 2 is 0.717 bits per heavy atom. The average Bonchev–Trinajstić information content (AvgIpc) is 3.12. The van der Waals surface area contributed by atoms with Crippen LogP contribution in [0.15, 0.2) is 127 Å². The van der Waals surface area contributed by atoms with Gasteiger partial charge in [-0.15, -0.1) is 0 Å². The van der Waals surface area contributed by atoms with E-state index < -0.39 is 0 Å². The van der Waals surface area contributed by atoms with Crippen molar-refractivity contribution in [2.24, 2.45) is 5.92 Å². The molecule has 0 saturated heterocycles. The Labute approximate surface area is 270 Å². The molecular weight excluding hydrogens is 570 g/mol. The standard InChI is InChI=1S/C40H37N3O3/c1-44-38-19-7-16-35(41-38)32-13-4-10-28(25-32)22-31(23-29-11-5-14-33(26-29)36-17-8-20-39(42-36)45-2)24-30-12-6-15-34(27-30)37-18-9-21-40(43-37)46-3/h4-21,25-27,31H,22-24H2,1-3H3. The number of pyridine rings is 3. The highest BCUT2D eigenvalue weighted by Gasteiger charge is 2.15. The first-order valence-corrected chi connectivity index (χ1v) is 15.4. The van der Waals surface area contributed by atoms with E-state index in [9.17, 15) is 0 Å². The van der Waals surface area contributed by atoms with Gasteiger partial charge in [0.1, 0.15) is 0 Å². The Morgan fingerprint density at radius 1 is 0.413 bits per heavy atom. The molecular formula is C40H37N3O3. The molecule has 0 amide bonds.